The van der Waals surface area contributed by atoms with Crippen LogP contribution in [0.5, 0.6) is 0 Å². The maximum absolute atomic E-state index is 13.0. The van der Waals surface area contributed by atoms with Crippen molar-refractivity contribution in [1.29, 1.82) is 0 Å². The molecule has 3 rings (SSSR count). The first-order valence-corrected chi connectivity index (χ1v) is 12.9. The lowest BCUT2D eigenvalue weighted by Gasteiger charge is -2.25. The molecule has 0 fully saturated rings. The lowest BCUT2D eigenvalue weighted by atomic mass is 9.98. The third-order valence-electron chi connectivity index (χ3n) is 6.52. The van der Waals surface area contributed by atoms with Gasteiger partial charge in [-0.25, -0.2) is 9.59 Å². The second-order valence-electron chi connectivity index (χ2n) is 9.74. The van der Waals surface area contributed by atoms with E-state index in [9.17, 15) is 14.4 Å². The number of nitrogens with one attached hydrogen (secondary N) is 2. The van der Waals surface area contributed by atoms with Crippen molar-refractivity contribution in [2.24, 2.45) is 5.92 Å². The van der Waals surface area contributed by atoms with Crippen LogP contribution in [0.4, 0.5) is 4.79 Å². The molecule has 200 valence electrons. The molecule has 8 nitrogen and oxygen atoms in total. The van der Waals surface area contributed by atoms with Gasteiger partial charge in [0.25, 0.3) is 0 Å². The van der Waals surface area contributed by atoms with Gasteiger partial charge in [-0.3, -0.25) is 4.79 Å². The minimum Gasteiger partial charge on any atom is -0.461 e. The van der Waals surface area contributed by atoms with Gasteiger partial charge in [0, 0.05) is 13.0 Å². The zero-order valence-electron chi connectivity index (χ0n) is 22.3. The first kappa shape index (κ1) is 28.2. The van der Waals surface area contributed by atoms with Crippen molar-refractivity contribution in [2.75, 3.05) is 20.3 Å². The molecule has 1 aliphatic rings. The summed E-state index contributed by atoms with van der Waals surface area (Å²) < 4.78 is 16.2. The van der Waals surface area contributed by atoms with Crippen molar-refractivity contribution in [1.82, 2.24) is 10.6 Å². The molecule has 0 saturated heterocycles. The van der Waals surface area contributed by atoms with E-state index in [-0.39, 0.29) is 31.2 Å². The largest absolute Gasteiger partial charge is 0.461 e. The van der Waals surface area contributed by atoms with E-state index in [1.807, 2.05) is 64.1 Å². The van der Waals surface area contributed by atoms with E-state index >= 15 is 0 Å². The average molecular weight is 511 g/mol. The smallest absolute Gasteiger partial charge is 0.407 e. The molecule has 2 amide bonds. The zero-order valence-corrected chi connectivity index (χ0v) is 22.3. The Labute approximate surface area is 219 Å². The summed E-state index contributed by atoms with van der Waals surface area (Å²) in [4.78, 5) is 38.4. The van der Waals surface area contributed by atoms with Gasteiger partial charge >= 0.3 is 12.1 Å². The van der Waals surface area contributed by atoms with E-state index in [0.29, 0.717) is 0 Å². The van der Waals surface area contributed by atoms with Gasteiger partial charge in [0.15, 0.2) is 0 Å². The number of amides is 2. The van der Waals surface area contributed by atoms with Crippen LogP contribution in [-0.2, 0) is 23.8 Å². The normalized spacial score (nSPS) is 14.8. The molecule has 0 aromatic heterocycles. The van der Waals surface area contributed by atoms with Crippen LogP contribution in [0.15, 0.2) is 48.5 Å². The van der Waals surface area contributed by atoms with Crippen LogP contribution < -0.4 is 10.6 Å². The van der Waals surface area contributed by atoms with Crippen LogP contribution in [0.3, 0.4) is 0 Å². The summed E-state index contributed by atoms with van der Waals surface area (Å²) in [5.74, 6) is -1.35. The molecule has 37 heavy (non-hydrogen) atoms. The highest BCUT2D eigenvalue weighted by Gasteiger charge is 2.32. The number of methoxy groups -OCH3 is 1. The fourth-order valence-electron chi connectivity index (χ4n) is 4.62. The van der Waals surface area contributed by atoms with Gasteiger partial charge in [-0.05, 0) is 41.5 Å². The highest BCUT2D eigenvalue weighted by molar-refractivity contribution is 5.90. The zero-order chi connectivity index (χ0) is 26.9. The highest BCUT2D eigenvalue weighted by Crippen LogP contribution is 2.44. The minimum absolute atomic E-state index is 0.0812. The summed E-state index contributed by atoms with van der Waals surface area (Å²) in [6.45, 7) is 7.52. The Bertz CT molecular complexity index is 1040. The fraction of sp³-hybridized carbons (Fsp3) is 0.483. The molecule has 0 heterocycles. The SMILES string of the molecule is CCC[C@@H](C)OC(=O)C(NC(=O)[C@H](COC)NC(=O)OCC1c2ccccc2-c2ccccc21)C(C)C. The van der Waals surface area contributed by atoms with Gasteiger partial charge in [0.05, 0.1) is 12.7 Å². The molecular formula is C29H38N2O6. The quantitative estimate of drug-likeness (QED) is 0.410. The number of hydrogen-bond donors (Lipinski definition) is 2. The predicted molar refractivity (Wildman–Crippen MR) is 141 cm³/mol. The van der Waals surface area contributed by atoms with E-state index in [0.717, 1.165) is 35.1 Å². The lowest BCUT2D eigenvalue weighted by Crippen LogP contribution is -2.55. The van der Waals surface area contributed by atoms with Crippen LogP contribution in [0.2, 0.25) is 0 Å². The van der Waals surface area contributed by atoms with E-state index in [4.69, 9.17) is 14.2 Å². The lowest BCUT2D eigenvalue weighted by molar-refractivity contribution is -0.154. The molecule has 1 aliphatic carbocycles. The third-order valence-corrected chi connectivity index (χ3v) is 6.52. The van der Waals surface area contributed by atoms with Gasteiger partial charge in [0.2, 0.25) is 5.91 Å². The van der Waals surface area contributed by atoms with Gasteiger partial charge in [-0.15, -0.1) is 0 Å². The Morgan fingerprint density at radius 1 is 0.919 bits per heavy atom. The first-order chi connectivity index (χ1) is 17.8. The number of fused-ring (bicyclic) bond motifs is 3. The molecule has 0 bridgehead atoms. The number of hydrogen-bond acceptors (Lipinski definition) is 6. The molecule has 0 spiro atoms. The van der Waals surface area contributed by atoms with Gasteiger partial charge in [0.1, 0.15) is 18.7 Å². The Morgan fingerprint density at radius 3 is 2.05 bits per heavy atom. The number of carbonyl (C=O) groups excluding carboxylic acids is 3. The molecule has 0 radical (unpaired) electrons. The second-order valence-corrected chi connectivity index (χ2v) is 9.74. The van der Waals surface area contributed by atoms with E-state index in [1.54, 1.807) is 0 Å². The number of carbonyl (C=O) groups is 3. The summed E-state index contributed by atoms with van der Waals surface area (Å²) in [6, 6.07) is 14.2. The van der Waals surface area contributed by atoms with Crippen molar-refractivity contribution >= 4 is 18.0 Å². The van der Waals surface area contributed by atoms with Crippen LogP contribution in [0.25, 0.3) is 11.1 Å². The number of rotatable bonds is 12. The maximum Gasteiger partial charge on any atom is 0.407 e. The monoisotopic (exact) mass is 510 g/mol. The van der Waals surface area contributed by atoms with Crippen LogP contribution in [0.1, 0.15) is 57.6 Å². The topological polar surface area (TPSA) is 103 Å². The molecular weight excluding hydrogens is 472 g/mol. The third kappa shape index (κ3) is 7.10. The van der Waals surface area contributed by atoms with E-state index in [2.05, 4.69) is 22.8 Å². The highest BCUT2D eigenvalue weighted by atomic mass is 16.6. The molecule has 3 atom stereocenters. The minimum atomic E-state index is -1.04. The molecule has 8 heteroatoms. The fourth-order valence-corrected chi connectivity index (χ4v) is 4.62. The summed E-state index contributed by atoms with van der Waals surface area (Å²) in [6.07, 6.45) is 0.636. The molecule has 2 aromatic rings. The Kier molecular flexibility index (Phi) is 10.1. The van der Waals surface area contributed by atoms with E-state index < -0.39 is 30.1 Å². The molecule has 0 saturated carbocycles. The average Bonchev–Trinajstić information content (AvgIpc) is 3.19. The summed E-state index contributed by atoms with van der Waals surface area (Å²) in [5, 5.41) is 5.30. The van der Waals surface area contributed by atoms with Gasteiger partial charge in [-0.2, -0.15) is 0 Å². The van der Waals surface area contributed by atoms with Crippen molar-refractivity contribution in [2.45, 2.75) is 64.6 Å². The standard InChI is InChI=1S/C29H38N2O6/c1-6-11-19(4)37-28(33)26(18(2)3)31-27(32)25(17-35-5)30-29(34)36-16-24-22-14-9-7-12-20(22)21-13-8-10-15-23(21)24/h7-10,12-15,18-19,24-26H,6,11,16-17H2,1-5H3,(H,30,34)(H,31,32)/t19-,25+,26?/m1/s1. The Hall–Kier alpha value is -3.39. The molecule has 2 N–H and O–H groups in total. The van der Waals surface area contributed by atoms with Crippen LogP contribution >= 0.6 is 0 Å². The Morgan fingerprint density at radius 2 is 1.51 bits per heavy atom. The van der Waals surface area contributed by atoms with Crippen LogP contribution in [-0.4, -0.2) is 56.5 Å². The number of esters is 1. The first-order valence-electron chi connectivity index (χ1n) is 12.9. The van der Waals surface area contributed by atoms with E-state index in [1.165, 1.54) is 7.11 Å². The van der Waals surface area contributed by atoms with Crippen LogP contribution in [0, 0.1) is 5.92 Å². The Balaban J connectivity index is 1.62. The second kappa shape index (κ2) is 13.2. The predicted octanol–water partition coefficient (Wildman–Crippen LogP) is 4.41. The molecule has 0 aliphatic heterocycles. The maximum atomic E-state index is 13.0. The summed E-state index contributed by atoms with van der Waals surface area (Å²) in [5.41, 5.74) is 4.45. The van der Waals surface area contributed by atoms with Crippen molar-refractivity contribution in [3.63, 3.8) is 0 Å². The van der Waals surface area contributed by atoms with Crippen molar-refractivity contribution in [3.8, 4) is 11.1 Å². The summed E-state index contributed by atoms with van der Waals surface area (Å²) in [7, 11) is 1.43. The van der Waals surface area contributed by atoms with Crippen molar-refractivity contribution in [3.05, 3.63) is 59.7 Å². The van der Waals surface area contributed by atoms with Crippen molar-refractivity contribution < 1.29 is 28.6 Å². The molecule has 2 aromatic carbocycles. The number of benzene rings is 2. The number of alkyl carbamates (subject to hydrolysis) is 1. The summed E-state index contributed by atoms with van der Waals surface area (Å²) >= 11 is 0. The van der Waals surface area contributed by atoms with Gasteiger partial charge in [-0.1, -0.05) is 75.7 Å². The molecule has 1 unspecified atom stereocenters. The van der Waals surface area contributed by atoms with Gasteiger partial charge < -0.3 is 24.8 Å². The number of ether oxygens (including phenoxy) is 3.